The molecular weight excluding hydrogens is 895 g/mol. The van der Waals surface area contributed by atoms with Gasteiger partial charge in [0.25, 0.3) is 6.33 Å². The van der Waals surface area contributed by atoms with Crippen molar-refractivity contribution in [1.82, 2.24) is 4.57 Å². The van der Waals surface area contributed by atoms with Crippen LogP contribution in [0.4, 0.5) is 0 Å². The van der Waals surface area contributed by atoms with Crippen molar-refractivity contribution in [3.63, 3.8) is 0 Å². The van der Waals surface area contributed by atoms with Crippen molar-refractivity contribution in [3.8, 4) is 11.4 Å². The molecule has 294 valence electrons. The van der Waals surface area contributed by atoms with Crippen LogP contribution < -0.4 is 4.57 Å². The molecular formula is C45H70Br3FeN2P. The molecule has 3 saturated carbocycles. The van der Waals surface area contributed by atoms with Gasteiger partial charge in [-0.3, -0.25) is 0 Å². The van der Waals surface area contributed by atoms with E-state index in [2.05, 4.69) is 162 Å². The molecule has 0 N–H and O–H groups in total. The summed E-state index contributed by atoms with van der Waals surface area (Å²) < 4.78 is 4.65. The normalized spacial score (nSPS) is 18.1. The number of hydrogen-bond acceptors (Lipinski definition) is 0. The number of para-hydroxylation sites is 2. The SMILES string of the molecule is C1CCC(P(C2CCCCC2)C2CCCCC2)CC1.CC(C)c1cccc(C(C)C)c1-n1cc[n+](-c2c(C(C)C)cccc2C(C)C)c1.[Br][Fe-]([Br])[Br]. The molecule has 3 fully saturated rings. The zero-order chi connectivity index (χ0) is 37.8. The molecule has 0 unspecified atom stereocenters. The van der Waals surface area contributed by atoms with Gasteiger partial charge in [-0.15, -0.1) is 0 Å². The maximum atomic E-state index is 3.19. The van der Waals surface area contributed by atoms with Crippen molar-refractivity contribution in [2.45, 2.75) is 192 Å². The topological polar surface area (TPSA) is 8.81 Å². The second-order valence-electron chi connectivity index (χ2n) is 16.9. The minimum absolute atomic E-state index is 0.312. The first-order valence-electron chi connectivity index (χ1n) is 20.7. The first-order chi connectivity index (χ1) is 24.9. The molecule has 3 aromatic rings. The molecule has 6 rings (SSSR count). The van der Waals surface area contributed by atoms with Crippen LogP contribution in [0.15, 0.2) is 55.1 Å². The predicted molar refractivity (Wildman–Crippen MR) is 238 cm³/mol. The Morgan fingerprint density at radius 2 is 0.885 bits per heavy atom. The van der Waals surface area contributed by atoms with E-state index in [4.69, 9.17) is 0 Å². The van der Waals surface area contributed by atoms with Gasteiger partial charge < -0.3 is 0 Å². The van der Waals surface area contributed by atoms with Crippen LogP contribution in [0, 0.1) is 0 Å². The molecule has 0 radical (unpaired) electrons. The summed E-state index contributed by atoms with van der Waals surface area (Å²) in [5, 5.41) is 0. The van der Waals surface area contributed by atoms with Crippen LogP contribution in [0.25, 0.3) is 11.4 Å². The Hall–Kier alpha value is 0.0395. The van der Waals surface area contributed by atoms with Gasteiger partial charge >= 0.3 is 50.8 Å². The van der Waals surface area contributed by atoms with Crippen molar-refractivity contribution in [2.24, 2.45) is 0 Å². The summed E-state index contributed by atoms with van der Waals surface area (Å²) in [6.07, 6.45) is 30.3. The number of imidazole rings is 1. The van der Waals surface area contributed by atoms with Crippen LogP contribution in [0.3, 0.4) is 0 Å². The second-order valence-corrected chi connectivity index (χ2v) is 36.7. The molecule has 7 heteroatoms. The van der Waals surface area contributed by atoms with E-state index in [1.807, 2.05) is 0 Å². The number of aromatic nitrogens is 2. The molecule has 1 heterocycles. The molecule has 0 aliphatic heterocycles. The molecule has 0 amide bonds. The Kier molecular flexibility index (Phi) is 19.5. The van der Waals surface area contributed by atoms with Crippen LogP contribution >= 0.6 is 50.3 Å². The average molecular weight is 966 g/mol. The number of benzene rings is 2. The van der Waals surface area contributed by atoms with Crippen LogP contribution in [0.5, 0.6) is 0 Å². The molecule has 0 bridgehead atoms. The summed E-state index contributed by atoms with van der Waals surface area (Å²) in [7, 11) is 0.0723. The Labute approximate surface area is 346 Å². The maximum absolute atomic E-state index is 3.19. The Morgan fingerprint density at radius 3 is 1.21 bits per heavy atom. The Morgan fingerprint density at radius 1 is 0.558 bits per heavy atom. The van der Waals surface area contributed by atoms with Gasteiger partial charge in [-0.1, -0.05) is 157 Å². The summed E-state index contributed by atoms with van der Waals surface area (Å²) >= 11 is 9.56. The van der Waals surface area contributed by atoms with Crippen LogP contribution in [0.1, 0.15) is 198 Å². The molecule has 3 aliphatic rings. The van der Waals surface area contributed by atoms with Crippen LogP contribution in [-0.2, 0) is 8.48 Å². The van der Waals surface area contributed by atoms with E-state index >= 15 is 0 Å². The number of hydrogen-bond donors (Lipinski definition) is 0. The average Bonchev–Trinajstić information content (AvgIpc) is 3.62. The fourth-order valence-electron chi connectivity index (χ4n) is 9.27. The van der Waals surface area contributed by atoms with Gasteiger partial charge in [0.2, 0.25) is 0 Å². The van der Waals surface area contributed by atoms with Crippen LogP contribution in [0.2, 0.25) is 0 Å². The zero-order valence-electron chi connectivity index (χ0n) is 33.7. The molecule has 2 nitrogen and oxygen atoms in total. The summed E-state index contributed by atoms with van der Waals surface area (Å²) in [5.41, 5.74) is 11.9. The van der Waals surface area contributed by atoms with E-state index in [1.54, 1.807) is 77.0 Å². The van der Waals surface area contributed by atoms with E-state index in [9.17, 15) is 0 Å². The van der Waals surface area contributed by atoms with Gasteiger partial charge in [0, 0.05) is 22.3 Å². The predicted octanol–water partition coefficient (Wildman–Crippen LogP) is 16.2. The fourth-order valence-corrected chi connectivity index (χ4v) is 13.9. The monoisotopic (exact) mass is 962 g/mol. The number of halogens is 3. The van der Waals surface area contributed by atoms with Gasteiger partial charge in [-0.25, -0.2) is 9.13 Å². The van der Waals surface area contributed by atoms with E-state index in [1.165, 1.54) is 69.9 Å². The first-order valence-corrected chi connectivity index (χ1v) is 30.4. The number of nitrogens with zero attached hydrogens (tertiary/aromatic N) is 2. The third-order valence-electron chi connectivity index (χ3n) is 11.8. The number of rotatable bonds is 9. The molecule has 2 aromatic carbocycles. The van der Waals surface area contributed by atoms with Gasteiger partial charge in [0.15, 0.2) is 0 Å². The zero-order valence-corrected chi connectivity index (χ0v) is 40.4. The van der Waals surface area contributed by atoms with E-state index in [-0.39, 0.29) is 8.48 Å². The van der Waals surface area contributed by atoms with Gasteiger partial charge in [-0.2, -0.15) is 0 Å². The van der Waals surface area contributed by atoms with Crippen molar-refractivity contribution >= 4 is 50.3 Å². The van der Waals surface area contributed by atoms with Crippen molar-refractivity contribution in [3.05, 3.63) is 77.4 Å². The molecule has 3 aliphatic carbocycles. The molecule has 0 spiro atoms. The van der Waals surface area contributed by atoms with E-state index in [0.717, 1.165) is 0 Å². The van der Waals surface area contributed by atoms with Gasteiger partial charge in [-0.05, 0) is 79.2 Å². The summed E-state index contributed by atoms with van der Waals surface area (Å²) in [5.74, 6) is 1.92. The Bertz CT molecular complexity index is 1290. The van der Waals surface area contributed by atoms with Gasteiger partial charge in [0.1, 0.15) is 23.8 Å². The van der Waals surface area contributed by atoms with E-state index < -0.39 is 0 Å². The molecule has 1 aromatic heterocycles. The summed E-state index contributed by atoms with van der Waals surface area (Å²) in [6.45, 7) is 18.3. The minimum atomic E-state index is -0.312. The third kappa shape index (κ3) is 12.8. The van der Waals surface area contributed by atoms with Gasteiger partial charge in [0.05, 0.1) is 0 Å². The Balaban J connectivity index is 0.000000225. The van der Waals surface area contributed by atoms with Crippen molar-refractivity contribution in [2.75, 3.05) is 0 Å². The second kappa shape index (κ2) is 22.7. The molecule has 0 atom stereocenters. The van der Waals surface area contributed by atoms with Crippen molar-refractivity contribution in [1.29, 1.82) is 0 Å². The van der Waals surface area contributed by atoms with Crippen molar-refractivity contribution < 1.29 is 13.0 Å². The first kappa shape index (κ1) is 44.8. The molecule has 0 saturated heterocycles. The van der Waals surface area contributed by atoms with Crippen LogP contribution in [-0.4, -0.2) is 21.5 Å². The summed E-state index contributed by atoms with van der Waals surface area (Å²) in [4.78, 5) is 0. The fraction of sp³-hybridized carbons (Fsp3) is 0.667. The molecule has 52 heavy (non-hydrogen) atoms. The standard InChI is InChI=1S/C27H37N2.C18H33P.3BrH.Fe/c1-18(2)22-11-9-12-23(19(3)4)26(22)28-15-16-29(17-28)27-24(20(5)6)13-10-14-25(27)21(7)8;1-4-10-16(11-5-1)19(17-12-6-2-7-13-17)18-14-8-3-9-15-18;;;;/h9-21H,1-8H3;16-18H,1-15H2;3*1H;/q+1;;;;;+2/p-3. The quantitative estimate of drug-likeness (QED) is 0.115. The summed E-state index contributed by atoms with van der Waals surface area (Å²) in [6, 6.07) is 13.5. The third-order valence-corrected chi connectivity index (χ3v) is 15.9. The van der Waals surface area contributed by atoms with E-state index in [0.29, 0.717) is 31.6 Å².